The maximum absolute atomic E-state index is 14.1. The lowest BCUT2D eigenvalue weighted by atomic mass is 9.96. The van der Waals surface area contributed by atoms with Gasteiger partial charge < -0.3 is 73.6 Å². The molecule has 392 valence electrons. The van der Waals surface area contributed by atoms with Crippen LogP contribution in [0, 0.1) is 17.8 Å². The normalized spacial score (nSPS) is 16.7. The number of carbonyl (C=O) groups is 10. The Labute approximate surface area is 404 Å². The number of aliphatic imine (C=N–C) groups is 1. The third-order valence-corrected chi connectivity index (χ3v) is 12.1. The first kappa shape index (κ1) is 60.9. The fourth-order valence-corrected chi connectivity index (χ4v) is 7.26. The van der Waals surface area contributed by atoms with Crippen LogP contribution in [0.15, 0.2) is 4.99 Å². The summed E-state index contributed by atoms with van der Waals surface area (Å²) in [4.78, 5) is 140. The highest BCUT2D eigenvalue weighted by atomic mass is 16.3. The molecule has 9 atom stereocenters. The Morgan fingerprint density at radius 3 is 1.77 bits per heavy atom. The van der Waals surface area contributed by atoms with E-state index in [-0.39, 0.29) is 50.2 Å². The van der Waals surface area contributed by atoms with E-state index in [1.54, 1.807) is 48.5 Å². The molecule has 1 aliphatic rings. The van der Waals surface area contributed by atoms with Crippen LogP contribution in [0.5, 0.6) is 0 Å². The average Bonchev–Trinajstić information content (AvgIpc) is 3.80. The minimum Gasteiger partial charge on any atom is -0.394 e. The highest BCUT2D eigenvalue weighted by Gasteiger charge is 2.40. The van der Waals surface area contributed by atoms with Gasteiger partial charge in [-0.3, -0.25) is 52.9 Å². The number of likely N-dealkylation sites (tertiary alicyclic amines) is 1. The molecule has 0 aromatic carbocycles. The van der Waals surface area contributed by atoms with Crippen molar-refractivity contribution in [3.63, 3.8) is 0 Å². The molecule has 25 heteroatoms. The summed E-state index contributed by atoms with van der Waals surface area (Å²) < 4.78 is 0. The van der Waals surface area contributed by atoms with E-state index in [1.165, 1.54) is 18.9 Å². The molecule has 0 bridgehead atoms. The largest absolute Gasteiger partial charge is 0.394 e. The van der Waals surface area contributed by atoms with Crippen molar-refractivity contribution < 1.29 is 58.2 Å². The van der Waals surface area contributed by atoms with Crippen LogP contribution in [-0.2, 0) is 47.9 Å². The van der Waals surface area contributed by atoms with Gasteiger partial charge in [-0.2, -0.15) is 0 Å². The van der Waals surface area contributed by atoms with Crippen molar-refractivity contribution in [2.75, 3.05) is 60.0 Å². The number of amides is 10. The third-order valence-electron chi connectivity index (χ3n) is 12.1. The minimum absolute atomic E-state index is 0.0757. The van der Waals surface area contributed by atoms with Crippen LogP contribution in [0.3, 0.4) is 0 Å². The van der Waals surface area contributed by atoms with Gasteiger partial charge in [-0.15, -0.1) is 0 Å². The number of hydrogen-bond donors (Lipinski definition) is 11. The molecule has 69 heavy (non-hydrogen) atoms. The number of nitrogens with one attached hydrogen (secondary N) is 7. The second-order valence-electron chi connectivity index (χ2n) is 17.7. The number of aliphatic hydroxyl groups is 2. The van der Waals surface area contributed by atoms with Gasteiger partial charge in [0.05, 0.1) is 26.3 Å². The van der Waals surface area contributed by atoms with Crippen LogP contribution in [0.1, 0.15) is 93.9 Å². The first-order valence-corrected chi connectivity index (χ1v) is 23.5. The molecule has 0 radical (unpaired) electrons. The molecule has 1 rings (SSSR count). The summed E-state index contributed by atoms with van der Waals surface area (Å²) in [6, 6.07) is -9.01. The van der Waals surface area contributed by atoms with Crippen molar-refractivity contribution in [1.29, 1.82) is 0 Å². The molecule has 0 spiro atoms. The van der Waals surface area contributed by atoms with Crippen molar-refractivity contribution in [2.24, 2.45) is 34.2 Å². The molecule has 1 aliphatic heterocycles. The molecule has 2 unspecified atom stereocenters. The highest BCUT2D eigenvalue weighted by molar-refractivity contribution is 5.98. The predicted octanol–water partition coefficient (Wildman–Crippen LogP) is -4.25. The fourth-order valence-electron chi connectivity index (χ4n) is 7.26. The zero-order chi connectivity index (χ0) is 52.7. The molecule has 1 fully saturated rings. The summed E-state index contributed by atoms with van der Waals surface area (Å²) in [5.41, 5.74) is 10.9. The van der Waals surface area contributed by atoms with Crippen LogP contribution in [0.25, 0.3) is 0 Å². The number of nitrogens with two attached hydrogens (primary N) is 2. The smallest absolute Gasteiger partial charge is 0.248 e. The Morgan fingerprint density at radius 2 is 1.28 bits per heavy atom. The van der Waals surface area contributed by atoms with Crippen molar-refractivity contribution in [1.82, 2.24) is 51.9 Å². The van der Waals surface area contributed by atoms with E-state index in [9.17, 15) is 58.2 Å². The van der Waals surface area contributed by atoms with Crippen LogP contribution in [-0.4, -0.2) is 192 Å². The number of guanidine groups is 1. The van der Waals surface area contributed by atoms with Gasteiger partial charge in [0.1, 0.15) is 42.3 Å². The van der Waals surface area contributed by atoms with Gasteiger partial charge in [-0.05, 0) is 50.4 Å². The van der Waals surface area contributed by atoms with Gasteiger partial charge in [0.15, 0.2) is 5.96 Å². The Balaban J connectivity index is 3.26. The topological polar surface area (TPSA) is 369 Å². The van der Waals surface area contributed by atoms with Gasteiger partial charge in [-0.25, -0.2) is 0 Å². The number of rotatable bonds is 29. The number of carbonyl (C=O) groups excluding carboxylic acids is 10. The number of nitrogens with zero attached hydrogens (tertiary/aromatic N) is 4. The molecule has 0 aliphatic carbocycles. The molecule has 0 saturated carbocycles. The maximum atomic E-state index is 14.1. The average molecular weight is 982 g/mol. The van der Waals surface area contributed by atoms with E-state index < -0.39 is 127 Å². The van der Waals surface area contributed by atoms with Crippen molar-refractivity contribution in [2.45, 2.75) is 136 Å². The molecule has 1 heterocycles. The third kappa shape index (κ3) is 19.4. The SMILES string of the molecule is CCNC(=O)[C@@H]1CCCN1C(=O)[C@H](CCCN=C(N)N)NC(=O)[C@@H](NC(=O)[C@H](CO)N(C)C(=O)[C@H](CO)NC(=O)[C@H](NC(=O)[C@@H](NC(=O)CNC(=O)CN(C)C(C)=O)C(C)C)C(C)CC)C(C)CC. The van der Waals surface area contributed by atoms with Crippen molar-refractivity contribution >= 4 is 65.0 Å². The quantitative estimate of drug-likeness (QED) is 0.0192. The molecule has 0 aromatic rings. The van der Waals surface area contributed by atoms with Crippen LogP contribution in [0.4, 0.5) is 0 Å². The van der Waals surface area contributed by atoms with Gasteiger partial charge in [0.25, 0.3) is 0 Å². The highest BCUT2D eigenvalue weighted by Crippen LogP contribution is 2.21. The Morgan fingerprint density at radius 1 is 0.725 bits per heavy atom. The summed E-state index contributed by atoms with van der Waals surface area (Å²) >= 11 is 0. The van der Waals surface area contributed by atoms with E-state index >= 15 is 0 Å². The van der Waals surface area contributed by atoms with Crippen molar-refractivity contribution in [3.8, 4) is 0 Å². The number of hydrogen-bond acceptors (Lipinski definition) is 13. The molecule has 10 amide bonds. The van der Waals surface area contributed by atoms with Crippen LogP contribution < -0.4 is 48.7 Å². The maximum Gasteiger partial charge on any atom is 0.248 e. The molecule has 25 nitrogen and oxygen atoms in total. The second kappa shape index (κ2) is 30.4. The molecular formula is C44H79N13O12. The lowest BCUT2D eigenvalue weighted by Gasteiger charge is -2.33. The summed E-state index contributed by atoms with van der Waals surface area (Å²) in [6.45, 7) is 11.2. The predicted molar refractivity (Wildman–Crippen MR) is 254 cm³/mol. The lowest BCUT2D eigenvalue weighted by molar-refractivity contribution is -0.145. The number of aliphatic hydroxyl groups excluding tert-OH is 2. The van der Waals surface area contributed by atoms with Gasteiger partial charge in [0, 0.05) is 40.7 Å². The Hall–Kier alpha value is -6.11. The molecule has 13 N–H and O–H groups in total. The minimum atomic E-state index is -1.69. The van der Waals surface area contributed by atoms with Crippen LogP contribution in [0.2, 0.25) is 0 Å². The van der Waals surface area contributed by atoms with E-state index in [0.29, 0.717) is 32.2 Å². The lowest BCUT2D eigenvalue weighted by Crippen LogP contribution is -2.62. The van der Waals surface area contributed by atoms with E-state index in [1.807, 2.05) is 0 Å². The zero-order valence-corrected chi connectivity index (χ0v) is 41.9. The van der Waals surface area contributed by atoms with Gasteiger partial charge in [-0.1, -0.05) is 54.4 Å². The summed E-state index contributed by atoms with van der Waals surface area (Å²) in [5.74, 6) is -8.68. The first-order chi connectivity index (χ1) is 32.4. The van der Waals surface area contributed by atoms with E-state index in [2.05, 4.69) is 42.2 Å². The summed E-state index contributed by atoms with van der Waals surface area (Å²) in [5, 5.41) is 38.8. The first-order valence-electron chi connectivity index (χ1n) is 23.5. The molecular weight excluding hydrogens is 903 g/mol. The monoisotopic (exact) mass is 982 g/mol. The zero-order valence-electron chi connectivity index (χ0n) is 41.9. The Kier molecular flexibility index (Phi) is 26.8. The van der Waals surface area contributed by atoms with E-state index in [4.69, 9.17) is 11.5 Å². The Bertz CT molecular complexity index is 1810. The second-order valence-corrected chi connectivity index (χ2v) is 17.7. The van der Waals surface area contributed by atoms with Crippen LogP contribution >= 0.6 is 0 Å². The van der Waals surface area contributed by atoms with Gasteiger partial charge >= 0.3 is 0 Å². The van der Waals surface area contributed by atoms with Gasteiger partial charge in [0.2, 0.25) is 59.1 Å². The number of likely N-dealkylation sites (N-methyl/N-ethyl adjacent to an activating group) is 3. The standard InChI is InChI=1S/C44H79N13O12/c1-11-25(6)35(40(66)50-28(16-14-18-48-44(45)46)43(69)57-19-15-17-30(57)37(63)47-13-3)53-38(64)31(23-59)56(10)42(68)29(22-58)51-41(67)36(26(7)12-2)54-39(65)34(24(4)5)52-32(61)20-49-33(62)21-55(9)27(8)60/h24-26,28-31,34-36,58-59H,11-23H2,1-10H3,(H,47,63)(H,49,62)(H,50,66)(H,51,67)(H,52,61)(H,53,64)(H,54,65)(H4,45,46,48)/t25?,26?,28-,29-,30-,31-,34-,35-,36+/m0/s1. The summed E-state index contributed by atoms with van der Waals surface area (Å²) in [6.07, 6.45) is 2.05. The molecule has 0 aromatic heterocycles. The van der Waals surface area contributed by atoms with Crippen molar-refractivity contribution in [3.05, 3.63) is 0 Å². The fraction of sp³-hybridized carbons (Fsp3) is 0.750. The molecule has 1 saturated heterocycles. The summed E-state index contributed by atoms with van der Waals surface area (Å²) in [7, 11) is 2.56. The van der Waals surface area contributed by atoms with E-state index in [0.717, 1.165) is 16.8 Å².